The lowest BCUT2D eigenvalue weighted by Crippen LogP contribution is -2.44. The summed E-state index contributed by atoms with van der Waals surface area (Å²) in [6.45, 7) is 0. The highest BCUT2D eigenvalue weighted by atomic mass is 35.5. The summed E-state index contributed by atoms with van der Waals surface area (Å²) in [7, 11) is 0. The third kappa shape index (κ3) is 3.48. The zero-order chi connectivity index (χ0) is 26.0. The molecule has 2 fully saturated rings. The van der Waals surface area contributed by atoms with Crippen LogP contribution in [0.2, 0.25) is 10.0 Å². The Labute approximate surface area is 220 Å². The number of nitro groups is 1. The molecule has 8 nitrogen and oxygen atoms in total. The van der Waals surface area contributed by atoms with Gasteiger partial charge in [-0.2, -0.15) is 0 Å². The predicted octanol–water partition coefficient (Wildman–Crippen LogP) is 5.30. The summed E-state index contributed by atoms with van der Waals surface area (Å²) in [6.07, 6.45) is 3.56. The quantitative estimate of drug-likeness (QED) is 0.195. The number of carbonyl (C=O) groups excluding carboxylic acids is 3. The molecular weight excluding hydrogens is 517 g/mol. The fourth-order valence-electron chi connectivity index (χ4n) is 5.70. The van der Waals surface area contributed by atoms with E-state index in [0.29, 0.717) is 5.02 Å². The number of hydrogen-bond acceptors (Lipinski definition) is 6. The maximum atomic E-state index is 13.9. The van der Waals surface area contributed by atoms with Crippen LogP contribution in [0.5, 0.6) is 0 Å². The van der Waals surface area contributed by atoms with Gasteiger partial charge in [0.05, 0.1) is 33.5 Å². The molecule has 3 aliphatic rings. The van der Waals surface area contributed by atoms with Crippen molar-refractivity contribution in [1.29, 1.82) is 0 Å². The Hall–Kier alpha value is -4.01. The van der Waals surface area contributed by atoms with Gasteiger partial charge >= 0.3 is 0 Å². The van der Waals surface area contributed by atoms with Crippen molar-refractivity contribution >= 4 is 58.3 Å². The Morgan fingerprint density at radius 2 is 1.68 bits per heavy atom. The van der Waals surface area contributed by atoms with E-state index in [1.54, 1.807) is 11.1 Å². The van der Waals surface area contributed by atoms with Gasteiger partial charge in [0.15, 0.2) is 5.78 Å². The highest BCUT2D eigenvalue weighted by Gasteiger charge is 2.64. The van der Waals surface area contributed by atoms with Crippen molar-refractivity contribution in [1.82, 2.24) is 4.90 Å². The van der Waals surface area contributed by atoms with Crippen molar-refractivity contribution in [2.75, 3.05) is 4.90 Å². The number of amides is 2. The average Bonchev–Trinajstić information content (AvgIpc) is 3.36. The molecule has 0 radical (unpaired) electrons. The molecular formula is C27H17Cl2N3O5. The Morgan fingerprint density at radius 3 is 2.43 bits per heavy atom. The van der Waals surface area contributed by atoms with Crippen LogP contribution in [-0.2, 0) is 9.59 Å². The summed E-state index contributed by atoms with van der Waals surface area (Å²) in [5.41, 5.74) is 1.76. The number of benzene rings is 3. The Morgan fingerprint density at radius 1 is 0.919 bits per heavy atom. The lowest BCUT2D eigenvalue weighted by atomic mass is 9.83. The van der Waals surface area contributed by atoms with E-state index in [-0.39, 0.29) is 22.0 Å². The zero-order valence-corrected chi connectivity index (χ0v) is 20.5. The van der Waals surface area contributed by atoms with E-state index in [0.717, 1.165) is 16.0 Å². The molecule has 3 aliphatic heterocycles. The second-order valence-corrected chi connectivity index (χ2v) is 9.96. The minimum atomic E-state index is -1.05. The van der Waals surface area contributed by atoms with Crippen molar-refractivity contribution < 1.29 is 19.3 Å². The van der Waals surface area contributed by atoms with E-state index >= 15 is 0 Å². The molecule has 0 spiro atoms. The van der Waals surface area contributed by atoms with Gasteiger partial charge in [-0.25, -0.2) is 4.90 Å². The van der Waals surface area contributed by atoms with Crippen LogP contribution in [0.4, 0.5) is 11.4 Å². The van der Waals surface area contributed by atoms with Crippen LogP contribution in [0.1, 0.15) is 27.5 Å². The molecule has 0 N–H and O–H groups in total. The molecule has 0 bridgehead atoms. The van der Waals surface area contributed by atoms with E-state index in [4.69, 9.17) is 23.2 Å². The number of hydrogen-bond donors (Lipinski definition) is 0. The molecule has 0 aromatic heterocycles. The van der Waals surface area contributed by atoms with Crippen LogP contribution in [0.3, 0.4) is 0 Å². The first-order valence-corrected chi connectivity index (χ1v) is 12.2. The molecule has 0 unspecified atom stereocenters. The number of Topliss-reactive ketones (excluding diaryl/α,β-unsaturated/α-hetero) is 1. The van der Waals surface area contributed by atoms with Crippen molar-refractivity contribution in [2.24, 2.45) is 11.8 Å². The number of carbonyl (C=O) groups is 3. The normalized spacial score (nSPS) is 23.6. The van der Waals surface area contributed by atoms with Crippen LogP contribution in [0, 0.1) is 22.0 Å². The molecule has 4 atom stereocenters. The van der Waals surface area contributed by atoms with Crippen LogP contribution in [0.25, 0.3) is 6.08 Å². The Kier molecular flexibility index (Phi) is 5.40. The van der Waals surface area contributed by atoms with Gasteiger partial charge in [-0.1, -0.05) is 59.6 Å². The van der Waals surface area contributed by atoms with Gasteiger partial charge in [0, 0.05) is 28.9 Å². The summed E-state index contributed by atoms with van der Waals surface area (Å²) in [5.74, 6) is -3.38. The van der Waals surface area contributed by atoms with Crippen LogP contribution < -0.4 is 4.90 Å². The molecule has 6 rings (SSSR count). The molecule has 0 aliphatic carbocycles. The summed E-state index contributed by atoms with van der Waals surface area (Å²) in [5, 5.41) is 11.8. The number of ketones is 1. The van der Waals surface area contributed by atoms with Gasteiger partial charge in [-0.15, -0.1) is 0 Å². The molecule has 3 aromatic carbocycles. The summed E-state index contributed by atoms with van der Waals surface area (Å²) < 4.78 is 0. The minimum absolute atomic E-state index is 0.0917. The summed E-state index contributed by atoms with van der Waals surface area (Å²) in [4.78, 5) is 55.3. The second kappa shape index (κ2) is 8.54. The van der Waals surface area contributed by atoms with Gasteiger partial charge in [-0.3, -0.25) is 24.5 Å². The number of non-ortho nitro benzene ring substituents is 1. The van der Waals surface area contributed by atoms with Crippen LogP contribution in [-0.4, -0.2) is 33.5 Å². The molecule has 3 heterocycles. The van der Waals surface area contributed by atoms with E-state index < -0.39 is 46.4 Å². The largest absolute Gasteiger partial charge is 0.358 e. The zero-order valence-electron chi connectivity index (χ0n) is 19.0. The van der Waals surface area contributed by atoms with E-state index in [1.165, 1.54) is 42.5 Å². The van der Waals surface area contributed by atoms with Gasteiger partial charge in [0.2, 0.25) is 11.8 Å². The smallest absolute Gasteiger partial charge is 0.270 e. The first-order valence-electron chi connectivity index (χ1n) is 11.4. The third-order valence-electron chi connectivity index (χ3n) is 7.22. The van der Waals surface area contributed by atoms with Crippen LogP contribution >= 0.6 is 23.2 Å². The predicted molar refractivity (Wildman–Crippen MR) is 137 cm³/mol. The van der Waals surface area contributed by atoms with E-state index in [1.807, 2.05) is 30.3 Å². The number of nitro benzene ring substituents is 1. The van der Waals surface area contributed by atoms with Gasteiger partial charge < -0.3 is 4.90 Å². The van der Waals surface area contributed by atoms with Gasteiger partial charge in [-0.05, 0) is 35.4 Å². The Bertz CT molecular complexity index is 1550. The van der Waals surface area contributed by atoms with E-state index in [9.17, 15) is 24.5 Å². The lowest BCUT2D eigenvalue weighted by Gasteiger charge is -2.35. The molecule has 184 valence electrons. The molecule has 2 saturated heterocycles. The molecule has 10 heteroatoms. The lowest BCUT2D eigenvalue weighted by molar-refractivity contribution is -0.384. The van der Waals surface area contributed by atoms with Crippen molar-refractivity contribution in [3.63, 3.8) is 0 Å². The van der Waals surface area contributed by atoms with Crippen molar-refractivity contribution in [3.05, 3.63) is 110 Å². The number of rotatable bonds is 4. The molecule has 0 saturated carbocycles. The molecule has 2 amide bonds. The van der Waals surface area contributed by atoms with Crippen molar-refractivity contribution in [2.45, 2.75) is 12.1 Å². The number of imide groups is 1. The van der Waals surface area contributed by atoms with Crippen molar-refractivity contribution in [3.8, 4) is 0 Å². The first-order chi connectivity index (χ1) is 17.8. The maximum absolute atomic E-state index is 13.9. The third-order valence-corrected chi connectivity index (χ3v) is 7.76. The molecule has 37 heavy (non-hydrogen) atoms. The SMILES string of the molecule is O=C(c1cccc([N+](=O)[O-])c1)[C@@H]1[C@@H]2C(=O)N(c3ccc(Cl)cc3Cl)C(=O)[C@@H]2[C@@H]2c3ccccc3C=CN12. The second-order valence-electron chi connectivity index (χ2n) is 9.11. The topological polar surface area (TPSA) is 101 Å². The maximum Gasteiger partial charge on any atom is 0.270 e. The number of fused-ring (bicyclic) bond motifs is 5. The summed E-state index contributed by atoms with van der Waals surface area (Å²) in [6, 6.07) is 15.8. The Balaban J connectivity index is 1.50. The highest BCUT2D eigenvalue weighted by molar-refractivity contribution is 6.38. The number of halogens is 2. The van der Waals surface area contributed by atoms with Crippen LogP contribution in [0.15, 0.2) is 72.9 Å². The average molecular weight is 534 g/mol. The fraction of sp³-hybridized carbons (Fsp3) is 0.148. The van der Waals surface area contributed by atoms with Gasteiger partial charge in [0.1, 0.15) is 6.04 Å². The first kappa shape index (κ1) is 23.4. The monoisotopic (exact) mass is 533 g/mol. The van der Waals surface area contributed by atoms with Gasteiger partial charge in [0.25, 0.3) is 5.69 Å². The minimum Gasteiger partial charge on any atom is -0.358 e. The summed E-state index contributed by atoms with van der Waals surface area (Å²) >= 11 is 12.4. The molecule has 3 aromatic rings. The van der Waals surface area contributed by atoms with E-state index in [2.05, 4.69) is 0 Å². The number of anilines is 1. The highest BCUT2D eigenvalue weighted by Crippen LogP contribution is 2.54. The fourth-order valence-corrected chi connectivity index (χ4v) is 6.19. The standard InChI is InChI=1S/C27H17Cl2N3O5/c28-16-8-9-20(19(29)13-16)31-26(34)21-22(27(31)35)24(25(33)15-5-3-6-17(12-15)32(36)37)30-11-10-14-4-1-2-7-18(14)23(21)30/h1-13,21-24H/t21-,22+,23-,24-/m0/s1. The number of nitrogens with zero attached hydrogens (tertiary/aromatic N) is 3.